The monoisotopic (exact) mass is 151 g/mol. The summed E-state index contributed by atoms with van der Waals surface area (Å²) in [5.41, 5.74) is 4.83. The van der Waals surface area contributed by atoms with Crippen molar-refractivity contribution in [3.63, 3.8) is 0 Å². The first-order chi connectivity index (χ1) is 3.80. The Morgan fingerprint density at radius 3 is 2.56 bits per heavy atom. The molecule has 0 spiro atoms. The van der Waals surface area contributed by atoms with Crippen LogP contribution in [0.2, 0.25) is 0 Å². The first-order valence-electron chi connectivity index (χ1n) is 2.14. The van der Waals surface area contributed by atoms with Gasteiger partial charge in [-0.3, -0.25) is 4.79 Å². The summed E-state index contributed by atoms with van der Waals surface area (Å²) in [5.74, 6) is -0.333. The van der Waals surface area contributed by atoms with Crippen LogP contribution in [0.25, 0.3) is 0 Å². The summed E-state index contributed by atoms with van der Waals surface area (Å²) in [5, 5.41) is 0. The second kappa shape index (κ2) is 3.93. The van der Waals surface area contributed by atoms with E-state index in [0.717, 1.165) is 0 Å². The Morgan fingerprint density at radius 2 is 2.33 bits per heavy atom. The molecule has 1 aromatic heterocycles. The van der Waals surface area contributed by atoms with Crippen LogP contribution in [0.3, 0.4) is 0 Å². The number of hydrogen-bond acceptors (Lipinski definition) is 2. The second-order valence-electron chi connectivity index (χ2n) is 1.34. The summed E-state index contributed by atoms with van der Waals surface area (Å²) in [6.07, 6.45) is 1.40. The fourth-order valence-corrected chi connectivity index (χ4v) is 0.419. The molecular weight excluding hydrogens is 146 g/mol. The summed E-state index contributed by atoms with van der Waals surface area (Å²) in [6.45, 7) is 0. The van der Waals surface area contributed by atoms with Crippen molar-refractivity contribution in [2.24, 2.45) is 5.73 Å². The Bertz CT molecular complexity index is 183. The molecule has 9 heavy (non-hydrogen) atoms. The molecule has 0 aliphatic rings. The van der Waals surface area contributed by atoms with Gasteiger partial charge in [-0.1, -0.05) is 0 Å². The van der Waals surface area contributed by atoms with Gasteiger partial charge in [0.05, 0.1) is 6.26 Å². The molecule has 0 atom stereocenters. The van der Waals surface area contributed by atoms with E-state index in [9.17, 15) is 4.79 Å². The quantitative estimate of drug-likeness (QED) is 0.630. The topological polar surface area (TPSA) is 56.2 Å². The van der Waals surface area contributed by atoms with Crippen LogP contribution in [0.5, 0.6) is 0 Å². The van der Waals surface area contributed by atoms with Crippen molar-refractivity contribution >= 4 is 5.91 Å². The maximum absolute atomic E-state index is 10.2. The van der Waals surface area contributed by atoms with Crippen LogP contribution in [0.4, 0.5) is 0 Å². The van der Waals surface area contributed by atoms with Crippen LogP contribution < -0.4 is 5.73 Å². The molecule has 0 aromatic carbocycles. The summed E-state index contributed by atoms with van der Waals surface area (Å²) in [7, 11) is 0. The van der Waals surface area contributed by atoms with Gasteiger partial charge < -0.3 is 10.2 Å². The second-order valence-corrected chi connectivity index (χ2v) is 1.34. The molecule has 0 bridgehead atoms. The molecule has 1 rings (SSSR count). The molecule has 3 nitrogen and oxygen atoms in total. The average Bonchev–Trinajstić information content (AvgIpc) is 2.12. The largest absolute Gasteiger partial charge is 0.459 e. The van der Waals surface area contributed by atoms with Gasteiger partial charge in [-0.2, -0.15) is 0 Å². The molecule has 4 heteroatoms. The normalized spacial score (nSPS) is 8.00. The van der Waals surface area contributed by atoms with E-state index in [0.29, 0.717) is 0 Å². The predicted molar refractivity (Wildman–Crippen MR) is 27.2 cm³/mol. The molecule has 0 saturated heterocycles. The number of primary amides is 1. The number of hydrogen-bond donors (Lipinski definition) is 1. The first-order valence-corrected chi connectivity index (χ1v) is 2.14. The summed E-state index contributed by atoms with van der Waals surface area (Å²) in [4.78, 5) is 10.2. The minimum atomic E-state index is -0.532. The number of furan rings is 1. The molecule has 0 fully saturated rings. The van der Waals surface area contributed by atoms with Crippen LogP contribution in [-0.2, 0) is 0 Å². The summed E-state index contributed by atoms with van der Waals surface area (Å²) in [6, 6.07) is 3.13. The van der Waals surface area contributed by atoms with Crippen LogP contribution in [-0.4, -0.2) is 5.91 Å². The van der Waals surface area contributed by atoms with E-state index >= 15 is 0 Å². The number of nitrogens with two attached hydrogens (primary N) is 1. The maximum atomic E-state index is 10.2. The van der Waals surface area contributed by atoms with E-state index in [2.05, 4.69) is 4.42 Å². The molecule has 0 radical (unpaired) electrons. The number of carbonyl (C=O) groups is 1. The van der Waals surface area contributed by atoms with Crippen LogP contribution in [0.15, 0.2) is 22.8 Å². The molecule has 1 amide bonds. The van der Waals surface area contributed by atoms with Gasteiger partial charge >= 0.3 is 0 Å². The summed E-state index contributed by atoms with van der Waals surface area (Å²) >= 11 is 0. The van der Waals surface area contributed by atoms with Gasteiger partial charge in [-0.15, -0.1) is 0 Å². The van der Waals surface area contributed by atoms with E-state index < -0.39 is 5.91 Å². The number of rotatable bonds is 1. The Labute approximate surface area is 82.2 Å². The third-order valence-corrected chi connectivity index (χ3v) is 0.764. The smallest absolute Gasteiger partial charge is 0.284 e. The van der Waals surface area contributed by atoms with E-state index in [4.69, 9.17) is 5.73 Å². The minimum absolute atomic E-state index is 0. The standard InChI is InChI=1S/C5H5NO2.Ar/c6-5(7)4-2-1-3-8-4;/h1-3H,(H2,6,7);. The van der Waals surface area contributed by atoms with Gasteiger partial charge in [-0.25, -0.2) is 0 Å². The third kappa shape index (κ3) is 2.39. The van der Waals surface area contributed by atoms with Crippen molar-refractivity contribution in [1.29, 1.82) is 0 Å². The fraction of sp³-hybridized carbons (Fsp3) is 0. The van der Waals surface area contributed by atoms with E-state index in [1.807, 2.05) is 0 Å². The van der Waals surface area contributed by atoms with Crippen LogP contribution in [0.1, 0.15) is 10.6 Å². The molecule has 1 heterocycles. The summed E-state index contributed by atoms with van der Waals surface area (Å²) < 4.78 is 4.62. The zero-order valence-electron chi connectivity index (χ0n) is 4.48. The van der Waals surface area contributed by atoms with Crippen molar-refractivity contribution in [3.05, 3.63) is 24.2 Å². The van der Waals surface area contributed by atoms with Crippen molar-refractivity contribution in [1.82, 2.24) is 0 Å². The van der Waals surface area contributed by atoms with Gasteiger partial charge in [0.25, 0.3) is 5.91 Å². The Kier molecular flexibility index (Phi) is 3.93. The molecule has 2 N–H and O–H groups in total. The van der Waals surface area contributed by atoms with Gasteiger partial charge in [0.2, 0.25) is 0 Å². The van der Waals surface area contributed by atoms with E-state index in [1.165, 1.54) is 12.3 Å². The minimum Gasteiger partial charge on any atom is -0.459 e. The van der Waals surface area contributed by atoms with Gasteiger partial charge in [0.1, 0.15) is 0 Å². The van der Waals surface area contributed by atoms with Crippen LogP contribution >= 0.6 is 0 Å². The van der Waals surface area contributed by atoms with Crippen LogP contribution in [0, 0.1) is 37.7 Å². The zero-order valence-corrected chi connectivity index (χ0v) is 5.19. The van der Waals surface area contributed by atoms with Gasteiger partial charge in [0.15, 0.2) is 5.76 Å². The van der Waals surface area contributed by atoms with Crippen molar-refractivity contribution in [3.8, 4) is 0 Å². The maximum Gasteiger partial charge on any atom is 0.284 e. The Balaban J connectivity index is 0.000000640. The SMILES string of the molecule is NC(=O)c1ccco1.[Ar]. The molecule has 0 aliphatic heterocycles. The molecular formula is C5H5ArNO2. The van der Waals surface area contributed by atoms with E-state index in [-0.39, 0.29) is 43.5 Å². The molecule has 0 unspecified atom stereocenters. The predicted octanol–water partition coefficient (Wildman–Crippen LogP) is 0.379. The van der Waals surface area contributed by atoms with Crippen molar-refractivity contribution < 1.29 is 46.9 Å². The molecule has 0 aliphatic carbocycles. The number of carbonyl (C=O) groups excluding carboxylic acids is 1. The van der Waals surface area contributed by atoms with Crippen molar-refractivity contribution in [2.75, 3.05) is 0 Å². The molecule has 0 saturated carbocycles. The number of amides is 1. The average molecular weight is 151 g/mol. The fourth-order valence-electron chi connectivity index (χ4n) is 0.419. The van der Waals surface area contributed by atoms with Gasteiger partial charge in [-0.05, 0) is 12.1 Å². The van der Waals surface area contributed by atoms with Crippen molar-refractivity contribution in [2.45, 2.75) is 0 Å². The molecule has 50 valence electrons. The van der Waals surface area contributed by atoms with Gasteiger partial charge in [0, 0.05) is 37.7 Å². The molecule has 1 aromatic rings. The third-order valence-electron chi connectivity index (χ3n) is 0.764. The zero-order chi connectivity index (χ0) is 5.98. The van der Waals surface area contributed by atoms with E-state index in [1.54, 1.807) is 6.07 Å². The first kappa shape index (κ1) is 9.01. The Morgan fingerprint density at radius 1 is 1.67 bits per heavy atom. The Hall–Kier alpha value is 0.00974.